The maximum atomic E-state index is 9.59. The summed E-state index contributed by atoms with van der Waals surface area (Å²) >= 11 is 0. The van der Waals surface area contributed by atoms with Crippen LogP contribution >= 0.6 is 0 Å². The minimum Gasteiger partial charge on any atom is -0.394 e. The standard InChI is InChI=1S/C12H18N6O/c1-12(2)4-3-9(7-19)17(8-12)10-11-14-15-16-18(11)6-5-13-10/h5-6,9,19H,3-4,7-8H2,1-2H3. The molecule has 0 aliphatic carbocycles. The first-order chi connectivity index (χ1) is 9.11. The molecule has 0 spiro atoms. The summed E-state index contributed by atoms with van der Waals surface area (Å²) in [6.07, 6.45) is 5.47. The molecule has 102 valence electrons. The predicted molar refractivity (Wildman–Crippen MR) is 69.8 cm³/mol. The van der Waals surface area contributed by atoms with E-state index in [1.165, 1.54) is 0 Å². The SMILES string of the molecule is CC1(C)CCC(CO)N(c2nccn3nnnc23)C1. The Hall–Kier alpha value is -1.76. The van der Waals surface area contributed by atoms with Crippen molar-refractivity contribution in [2.24, 2.45) is 5.41 Å². The lowest BCUT2D eigenvalue weighted by Crippen LogP contribution is -2.49. The van der Waals surface area contributed by atoms with Crippen LogP contribution in [0.2, 0.25) is 0 Å². The van der Waals surface area contributed by atoms with E-state index in [0.29, 0.717) is 5.65 Å². The van der Waals surface area contributed by atoms with Crippen molar-refractivity contribution in [3.8, 4) is 0 Å². The van der Waals surface area contributed by atoms with Crippen molar-refractivity contribution >= 4 is 11.5 Å². The number of aliphatic hydroxyl groups is 1. The van der Waals surface area contributed by atoms with Crippen LogP contribution in [0.5, 0.6) is 0 Å². The van der Waals surface area contributed by atoms with Crippen LogP contribution in [0.3, 0.4) is 0 Å². The zero-order valence-electron chi connectivity index (χ0n) is 11.2. The van der Waals surface area contributed by atoms with Gasteiger partial charge in [-0.15, -0.1) is 5.10 Å². The van der Waals surface area contributed by atoms with Crippen LogP contribution < -0.4 is 4.90 Å². The summed E-state index contributed by atoms with van der Waals surface area (Å²) in [4.78, 5) is 6.55. The average Bonchev–Trinajstić information content (AvgIpc) is 2.85. The molecule has 0 saturated carbocycles. The summed E-state index contributed by atoms with van der Waals surface area (Å²) in [6.45, 7) is 5.43. The van der Waals surface area contributed by atoms with E-state index < -0.39 is 0 Å². The van der Waals surface area contributed by atoms with Crippen LogP contribution in [0.1, 0.15) is 26.7 Å². The van der Waals surface area contributed by atoms with Gasteiger partial charge >= 0.3 is 0 Å². The van der Waals surface area contributed by atoms with E-state index >= 15 is 0 Å². The summed E-state index contributed by atoms with van der Waals surface area (Å²) < 4.78 is 1.61. The fourth-order valence-corrected chi connectivity index (χ4v) is 2.69. The van der Waals surface area contributed by atoms with Crippen molar-refractivity contribution in [1.82, 2.24) is 25.0 Å². The Morgan fingerprint density at radius 2 is 2.32 bits per heavy atom. The van der Waals surface area contributed by atoms with Crippen LogP contribution in [0, 0.1) is 5.41 Å². The lowest BCUT2D eigenvalue weighted by atomic mass is 9.81. The van der Waals surface area contributed by atoms with E-state index in [9.17, 15) is 5.11 Å². The molecule has 1 N–H and O–H groups in total. The Morgan fingerprint density at radius 1 is 1.47 bits per heavy atom. The topological polar surface area (TPSA) is 79.4 Å². The van der Waals surface area contributed by atoms with Gasteiger partial charge in [-0.25, -0.2) is 4.98 Å². The lowest BCUT2D eigenvalue weighted by molar-refractivity contribution is 0.189. The summed E-state index contributed by atoms with van der Waals surface area (Å²) in [5.74, 6) is 0.749. The van der Waals surface area contributed by atoms with E-state index in [1.807, 2.05) is 0 Å². The number of nitrogens with zero attached hydrogens (tertiary/aromatic N) is 6. The van der Waals surface area contributed by atoms with Crippen molar-refractivity contribution in [1.29, 1.82) is 0 Å². The quantitative estimate of drug-likeness (QED) is 0.849. The molecule has 19 heavy (non-hydrogen) atoms. The molecule has 0 amide bonds. The Bertz CT molecular complexity index is 580. The van der Waals surface area contributed by atoms with Gasteiger partial charge < -0.3 is 10.0 Å². The van der Waals surface area contributed by atoms with Gasteiger partial charge in [0.15, 0.2) is 5.82 Å². The molecule has 3 rings (SSSR count). The van der Waals surface area contributed by atoms with E-state index in [0.717, 1.165) is 25.2 Å². The molecule has 0 aromatic carbocycles. The molecule has 1 fully saturated rings. The normalized spacial score (nSPS) is 22.9. The first-order valence-electron chi connectivity index (χ1n) is 6.51. The highest BCUT2D eigenvalue weighted by Crippen LogP contribution is 2.34. The fourth-order valence-electron chi connectivity index (χ4n) is 2.69. The number of rotatable bonds is 2. The zero-order chi connectivity index (χ0) is 13.5. The number of anilines is 1. The van der Waals surface area contributed by atoms with Gasteiger partial charge in [-0.2, -0.15) is 4.52 Å². The second-order valence-corrected chi connectivity index (χ2v) is 5.87. The predicted octanol–water partition coefficient (Wildman–Crippen LogP) is 0.507. The summed E-state index contributed by atoms with van der Waals surface area (Å²) in [6, 6.07) is 0.0865. The molecule has 1 saturated heterocycles. The monoisotopic (exact) mass is 262 g/mol. The van der Waals surface area contributed by atoms with Gasteiger partial charge in [-0.1, -0.05) is 13.8 Å². The highest BCUT2D eigenvalue weighted by atomic mass is 16.3. The van der Waals surface area contributed by atoms with Gasteiger partial charge in [-0.05, 0) is 28.7 Å². The van der Waals surface area contributed by atoms with E-state index in [1.54, 1.807) is 16.9 Å². The lowest BCUT2D eigenvalue weighted by Gasteiger charge is -2.43. The largest absolute Gasteiger partial charge is 0.394 e. The molecule has 1 aliphatic rings. The van der Waals surface area contributed by atoms with Gasteiger partial charge in [-0.3, -0.25) is 0 Å². The molecule has 7 heteroatoms. The third kappa shape index (κ3) is 2.14. The number of piperidine rings is 1. The van der Waals surface area contributed by atoms with Crippen molar-refractivity contribution in [2.45, 2.75) is 32.7 Å². The summed E-state index contributed by atoms with van der Waals surface area (Å²) in [5, 5.41) is 21.2. The second kappa shape index (κ2) is 4.41. The van der Waals surface area contributed by atoms with Gasteiger partial charge in [0.2, 0.25) is 5.65 Å². The Kier molecular flexibility index (Phi) is 2.85. The fraction of sp³-hybridized carbons (Fsp3) is 0.667. The van der Waals surface area contributed by atoms with Crippen molar-refractivity contribution in [3.63, 3.8) is 0 Å². The number of hydrogen-bond donors (Lipinski definition) is 1. The van der Waals surface area contributed by atoms with Gasteiger partial charge in [0, 0.05) is 12.7 Å². The zero-order valence-corrected chi connectivity index (χ0v) is 11.2. The second-order valence-electron chi connectivity index (χ2n) is 5.87. The number of aromatic nitrogens is 5. The smallest absolute Gasteiger partial charge is 0.222 e. The Balaban J connectivity index is 2.04. The van der Waals surface area contributed by atoms with Crippen LogP contribution in [-0.4, -0.2) is 49.3 Å². The number of tetrazole rings is 1. The summed E-state index contributed by atoms with van der Waals surface area (Å²) in [5.41, 5.74) is 0.840. The molecule has 0 radical (unpaired) electrons. The van der Waals surface area contributed by atoms with Crippen molar-refractivity contribution in [2.75, 3.05) is 18.1 Å². The van der Waals surface area contributed by atoms with E-state index in [-0.39, 0.29) is 18.1 Å². The number of aliphatic hydroxyl groups excluding tert-OH is 1. The molecular formula is C12H18N6O. The van der Waals surface area contributed by atoms with E-state index in [2.05, 4.69) is 39.3 Å². The molecule has 1 unspecified atom stereocenters. The maximum absolute atomic E-state index is 9.59. The van der Waals surface area contributed by atoms with Crippen LogP contribution in [0.4, 0.5) is 5.82 Å². The van der Waals surface area contributed by atoms with Gasteiger partial charge in [0.05, 0.1) is 18.8 Å². The molecule has 3 heterocycles. The first kappa shape index (κ1) is 12.3. The molecular weight excluding hydrogens is 244 g/mol. The Labute approximate surface area is 111 Å². The summed E-state index contributed by atoms with van der Waals surface area (Å²) in [7, 11) is 0. The molecule has 1 atom stereocenters. The van der Waals surface area contributed by atoms with Crippen molar-refractivity contribution < 1.29 is 5.11 Å². The van der Waals surface area contributed by atoms with Crippen LogP contribution in [0.25, 0.3) is 5.65 Å². The maximum Gasteiger partial charge on any atom is 0.222 e. The number of fused-ring (bicyclic) bond motifs is 1. The molecule has 2 aromatic heterocycles. The van der Waals surface area contributed by atoms with Gasteiger partial charge in [0.25, 0.3) is 0 Å². The highest BCUT2D eigenvalue weighted by Gasteiger charge is 2.34. The first-order valence-corrected chi connectivity index (χ1v) is 6.51. The van der Waals surface area contributed by atoms with E-state index in [4.69, 9.17) is 0 Å². The number of hydrogen-bond acceptors (Lipinski definition) is 6. The average molecular weight is 262 g/mol. The molecule has 2 aromatic rings. The minimum absolute atomic E-state index is 0.0865. The van der Waals surface area contributed by atoms with Crippen molar-refractivity contribution in [3.05, 3.63) is 12.4 Å². The molecule has 0 bridgehead atoms. The third-order valence-electron chi connectivity index (χ3n) is 3.77. The Morgan fingerprint density at radius 3 is 3.11 bits per heavy atom. The molecule has 1 aliphatic heterocycles. The molecule has 7 nitrogen and oxygen atoms in total. The van der Waals surface area contributed by atoms with Gasteiger partial charge in [0.1, 0.15) is 0 Å². The highest BCUT2D eigenvalue weighted by molar-refractivity contribution is 5.63. The minimum atomic E-state index is 0.0865. The van der Waals surface area contributed by atoms with Crippen LogP contribution in [0.15, 0.2) is 12.4 Å². The third-order valence-corrected chi connectivity index (χ3v) is 3.77. The van der Waals surface area contributed by atoms with Crippen LogP contribution in [-0.2, 0) is 0 Å².